The van der Waals surface area contributed by atoms with E-state index in [1.165, 1.54) is 0 Å². The molecule has 0 spiro atoms. The molecule has 0 aromatic rings. The van der Waals surface area contributed by atoms with Gasteiger partial charge in [0.2, 0.25) is 5.91 Å². The number of aliphatic carboxylic acids is 1. The van der Waals surface area contributed by atoms with Gasteiger partial charge in [-0.15, -0.1) is 0 Å². The van der Waals surface area contributed by atoms with Gasteiger partial charge in [0.05, 0.1) is 10.8 Å². The van der Waals surface area contributed by atoms with E-state index >= 15 is 0 Å². The van der Waals surface area contributed by atoms with Crippen LogP contribution in [-0.4, -0.2) is 36.0 Å². The molecule has 4 unspecified atom stereocenters. The molecule has 0 aliphatic heterocycles. The Balaban J connectivity index is 2.05. The minimum absolute atomic E-state index is 0.0451. The molecule has 4 bridgehead atoms. The second-order valence-electron chi connectivity index (χ2n) is 7.88. The molecule has 4 atom stereocenters. The summed E-state index contributed by atoms with van der Waals surface area (Å²) >= 11 is 0. The van der Waals surface area contributed by atoms with E-state index in [1.54, 1.807) is 19.0 Å². The quantitative estimate of drug-likeness (QED) is 0.832. The maximum atomic E-state index is 12.6. The van der Waals surface area contributed by atoms with Gasteiger partial charge < -0.3 is 10.0 Å². The van der Waals surface area contributed by atoms with Gasteiger partial charge in [-0.2, -0.15) is 0 Å². The van der Waals surface area contributed by atoms with Crippen molar-refractivity contribution < 1.29 is 14.7 Å². The van der Waals surface area contributed by atoms with Crippen molar-refractivity contribution in [2.24, 2.45) is 22.2 Å². The Hall–Kier alpha value is -1.06. The number of carbonyl (C=O) groups is 2. The number of carboxylic acids is 1. The van der Waals surface area contributed by atoms with Crippen LogP contribution < -0.4 is 0 Å². The van der Waals surface area contributed by atoms with Gasteiger partial charge >= 0.3 is 5.97 Å². The standard InChI is InChI=1S/C15H23NO3/c1-13-4-10-5-14(7-13,11(17)16(2)3)9-15(6-10,8-13)12(18)19/h10H,4-9H2,1-3H3,(H,18,19). The van der Waals surface area contributed by atoms with Crippen LogP contribution in [0.15, 0.2) is 0 Å². The molecule has 4 rings (SSSR count). The molecule has 4 nitrogen and oxygen atoms in total. The Morgan fingerprint density at radius 1 is 1.05 bits per heavy atom. The van der Waals surface area contributed by atoms with Crippen LogP contribution in [0.4, 0.5) is 0 Å². The van der Waals surface area contributed by atoms with E-state index < -0.39 is 16.8 Å². The molecule has 0 saturated heterocycles. The van der Waals surface area contributed by atoms with Crippen molar-refractivity contribution in [3.05, 3.63) is 0 Å². The minimum atomic E-state index is -0.682. The first-order chi connectivity index (χ1) is 8.70. The first-order valence-electron chi connectivity index (χ1n) is 7.16. The highest BCUT2D eigenvalue weighted by molar-refractivity contribution is 5.85. The van der Waals surface area contributed by atoms with Crippen molar-refractivity contribution in [1.29, 1.82) is 0 Å². The minimum Gasteiger partial charge on any atom is -0.481 e. The summed E-state index contributed by atoms with van der Waals surface area (Å²) in [7, 11) is 3.58. The predicted octanol–water partition coefficient (Wildman–Crippen LogP) is 2.14. The fourth-order valence-corrected chi connectivity index (χ4v) is 5.87. The molecule has 0 heterocycles. The summed E-state index contributed by atoms with van der Waals surface area (Å²) in [5, 5.41) is 9.70. The second kappa shape index (κ2) is 3.53. The van der Waals surface area contributed by atoms with Gasteiger partial charge in [0, 0.05) is 14.1 Å². The Bertz CT molecular complexity index is 460. The number of hydrogen-bond acceptors (Lipinski definition) is 2. The van der Waals surface area contributed by atoms with E-state index in [4.69, 9.17) is 0 Å². The van der Waals surface area contributed by atoms with E-state index in [-0.39, 0.29) is 11.3 Å². The van der Waals surface area contributed by atoms with Crippen LogP contribution >= 0.6 is 0 Å². The zero-order valence-corrected chi connectivity index (χ0v) is 12.0. The molecular formula is C15H23NO3. The van der Waals surface area contributed by atoms with E-state index in [0.717, 1.165) is 32.1 Å². The Kier molecular flexibility index (Phi) is 2.40. The number of nitrogens with zero attached hydrogens (tertiary/aromatic N) is 1. The molecule has 0 aromatic heterocycles. The number of carboxylic acid groups (broad SMARTS) is 1. The average molecular weight is 265 g/mol. The Morgan fingerprint density at radius 2 is 1.63 bits per heavy atom. The molecule has 1 N–H and O–H groups in total. The highest BCUT2D eigenvalue weighted by Crippen LogP contribution is 2.70. The van der Waals surface area contributed by atoms with Crippen LogP contribution in [0, 0.1) is 22.2 Å². The van der Waals surface area contributed by atoms with Crippen molar-refractivity contribution in [3.8, 4) is 0 Å². The molecule has 4 aliphatic carbocycles. The summed E-state index contributed by atoms with van der Waals surface area (Å²) in [5.74, 6) is -0.117. The van der Waals surface area contributed by atoms with Crippen LogP contribution in [0.5, 0.6) is 0 Å². The first-order valence-corrected chi connectivity index (χ1v) is 7.16. The van der Waals surface area contributed by atoms with Crippen molar-refractivity contribution in [3.63, 3.8) is 0 Å². The first kappa shape index (κ1) is 12.9. The summed E-state index contributed by atoms with van der Waals surface area (Å²) in [5.41, 5.74) is -1.00. The molecule has 106 valence electrons. The average Bonchev–Trinajstić information content (AvgIpc) is 2.24. The fraction of sp³-hybridized carbons (Fsp3) is 0.867. The lowest BCUT2D eigenvalue weighted by Gasteiger charge is -2.64. The number of amides is 1. The smallest absolute Gasteiger partial charge is 0.309 e. The van der Waals surface area contributed by atoms with Crippen LogP contribution in [-0.2, 0) is 9.59 Å². The largest absolute Gasteiger partial charge is 0.481 e. The lowest BCUT2D eigenvalue weighted by Crippen LogP contribution is -2.62. The molecule has 0 aromatic carbocycles. The third kappa shape index (κ3) is 1.65. The van der Waals surface area contributed by atoms with Gasteiger partial charge in [-0.25, -0.2) is 0 Å². The van der Waals surface area contributed by atoms with Crippen LogP contribution in [0.2, 0.25) is 0 Å². The van der Waals surface area contributed by atoms with E-state index in [9.17, 15) is 14.7 Å². The topological polar surface area (TPSA) is 57.6 Å². The molecule has 1 amide bonds. The summed E-state index contributed by atoms with van der Waals surface area (Å²) in [4.78, 5) is 26.1. The van der Waals surface area contributed by atoms with Crippen molar-refractivity contribution in [2.75, 3.05) is 14.1 Å². The third-order valence-electron chi connectivity index (χ3n) is 5.66. The summed E-state index contributed by atoms with van der Waals surface area (Å²) in [6, 6.07) is 0. The number of rotatable bonds is 2. The monoisotopic (exact) mass is 265 g/mol. The summed E-state index contributed by atoms with van der Waals surface area (Å²) in [6.45, 7) is 2.19. The normalized spacial score (nSPS) is 47.2. The SMILES string of the molecule is CN(C)C(=O)C12CC3CC(C)(CC(C(=O)O)(C3)C1)C2. The summed E-state index contributed by atoms with van der Waals surface area (Å²) in [6.07, 6.45) is 4.97. The van der Waals surface area contributed by atoms with Crippen molar-refractivity contribution in [2.45, 2.75) is 45.4 Å². The maximum Gasteiger partial charge on any atom is 0.309 e. The van der Waals surface area contributed by atoms with Gasteiger partial charge in [-0.05, 0) is 49.9 Å². The van der Waals surface area contributed by atoms with Crippen molar-refractivity contribution in [1.82, 2.24) is 4.90 Å². The van der Waals surface area contributed by atoms with Gasteiger partial charge in [-0.3, -0.25) is 9.59 Å². The van der Waals surface area contributed by atoms with Gasteiger partial charge in [0.25, 0.3) is 0 Å². The molecule has 4 saturated carbocycles. The zero-order valence-electron chi connectivity index (χ0n) is 12.0. The van der Waals surface area contributed by atoms with E-state index in [2.05, 4.69) is 6.92 Å². The zero-order chi connectivity index (χ0) is 14.1. The molecule has 4 aliphatic rings. The molecule has 0 radical (unpaired) electrons. The number of carbonyl (C=O) groups excluding carboxylic acids is 1. The second-order valence-corrected chi connectivity index (χ2v) is 7.88. The van der Waals surface area contributed by atoms with Crippen LogP contribution in [0.1, 0.15) is 45.4 Å². The molecule has 19 heavy (non-hydrogen) atoms. The Morgan fingerprint density at radius 3 is 2.16 bits per heavy atom. The van der Waals surface area contributed by atoms with Gasteiger partial charge in [0.1, 0.15) is 0 Å². The summed E-state index contributed by atoms with van der Waals surface area (Å²) < 4.78 is 0. The van der Waals surface area contributed by atoms with Crippen LogP contribution in [0.3, 0.4) is 0 Å². The Labute approximate surface area is 114 Å². The van der Waals surface area contributed by atoms with Gasteiger partial charge in [0.15, 0.2) is 0 Å². The number of hydrogen-bond donors (Lipinski definition) is 1. The van der Waals surface area contributed by atoms with Gasteiger partial charge in [-0.1, -0.05) is 6.92 Å². The lowest BCUT2D eigenvalue weighted by atomic mass is 9.39. The van der Waals surface area contributed by atoms with Crippen LogP contribution in [0.25, 0.3) is 0 Å². The molecular weight excluding hydrogens is 242 g/mol. The maximum absolute atomic E-state index is 12.6. The predicted molar refractivity (Wildman–Crippen MR) is 70.5 cm³/mol. The fourth-order valence-electron chi connectivity index (χ4n) is 5.87. The van der Waals surface area contributed by atoms with E-state index in [1.807, 2.05) is 0 Å². The molecule has 4 heteroatoms. The highest BCUT2D eigenvalue weighted by Gasteiger charge is 2.66. The van der Waals surface area contributed by atoms with Crippen molar-refractivity contribution >= 4 is 11.9 Å². The highest BCUT2D eigenvalue weighted by atomic mass is 16.4. The molecule has 4 fully saturated rings. The third-order valence-corrected chi connectivity index (χ3v) is 5.66. The van der Waals surface area contributed by atoms with E-state index in [0.29, 0.717) is 12.3 Å². The lowest BCUT2D eigenvalue weighted by molar-refractivity contribution is -0.195.